The van der Waals surface area contributed by atoms with E-state index in [1.54, 1.807) is 24.2 Å². The second kappa shape index (κ2) is 9.54. The zero-order valence-electron chi connectivity index (χ0n) is 18.1. The summed E-state index contributed by atoms with van der Waals surface area (Å²) in [5.74, 6) is 1.85. The lowest BCUT2D eigenvalue weighted by Crippen LogP contribution is -2.23. The van der Waals surface area contributed by atoms with E-state index in [-0.39, 0.29) is 5.91 Å². The fourth-order valence-electron chi connectivity index (χ4n) is 3.27. The second-order valence-corrected chi connectivity index (χ2v) is 8.95. The van der Waals surface area contributed by atoms with Gasteiger partial charge in [0, 0.05) is 24.6 Å². The quantitative estimate of drug-likeness (QED) is 0.243. The van der Waals surface area contributed by atoms with Crippen molar-refractivity contribution in [3.8, 4) is 11.6 Å². The Balaban J connectivity index is 1.55. The standard InChI is InChI=1S/C23H23N5O2S2/c1-5-11-27-21(20-10-7-12-30-20)25-26-23(27)32-14-18-13-31-22(24-18)28(17(4)29)19-9-6-8-15(2)16(19)3/h5-10,12-13H,1,11,14H2,2-4H3. The normalized spacial score (nSPS) is 11.0. The second-order valence-electron chi connectivity index (χ2n) is 7.17. The molecule has 9 heteroatoms. The van der Waals surface area contributed by atoms with Crippen molar-refractivity contribution in [1.29, 1.82) is 0 Å². The van der Waals surface area contributed by atoms with Crippen molar-refractivity contribution in [2.75, 3.05) is 4.90 Å². The molecule has 3 heterocycles. The SMILES string of the molecule is C=CCn1c(SCc2csc(N(C(C)=O)c3cccc(C)c3C)n2)nnc1-c1ccco1. The van der Waals surface area contributed by atoms with Crippen LogP contribution in [0.4, 0.5) is 10.8 Å². The predicted molar refractivity (Wildman–Crippen MR) is 128 cm³/mol. The largest absolute Gasteiger partial charge is 0.461 e. The van der Waals surface area contributed by atoms with Crippen LogP contribution in [0.1, 0.15) is 23.7 Å². The first-order valence-corrected chi connectivity index (χ1v) is 11.9. The molecule has 164 valence electrons. The lowest BCUT2D eigenvalue weighted by Gasteiger charge is -2.21. The zero-order chi connectivity index (χ0) is 22.7. The highest BCUT2D eigenvalue weighted by atomic mass is 32.2. The van der Waals surface area contributed by atoms with Gasteiger partial charge in [0.25, 0.3) is 0 Å². The van der Waals surface area contributed by atoms with E-state index >= 15 is 0 Å². The maximum Gasteiger partial charge on any atom is 0.230 e. The van der Waals surface area contributed by atoms with Gasteiger partial charge in [0.2, 0.25) is 11.7 Å². The highest BCUT2D eigenvalue weighted by Gasteiger charge is 2.21. The Morgan fingerprint density at radius 2 is 2.12 bits per heavy atom. The van der Waals surface area contributed by atoms with Gasteiger partial charge in [-0.25, -0.2) is 4.98 Å². The summed E-state index contributed by atoms with van der Waals surface area (Å²) in [4.78, 5) is 18.9. The Hall–Kier alpha value is -3.17. The van der Waals surface area contributed by atoms with Crippen molar-refractivity contribution in [2.45, 2.75) is 38.2 Å². The molecular formula is C23H23N5O2S2. The molecular weight excluding hydrogens is 442 g/mol. The number of amides is 1. The maximum atomic E-state index is 12.5. The summed E-state index contributed by atoms with van der Waals surface area (Å²) in [6.45, 7) is 10.0. The lowest BCUT2D eigenvalue weighted by molar-refractivity contribution is -0.115. The summed E-state index contributed by atoms with van der Waals surface area (Å²) < 4.78 is 7.44. The molecule has 0 saturated carbocycles. The minimum absolute atomic E-state index is 0.0685. The number of aromatic nitrogens is 4. The third-order valence-corrected chi connectivity index (χ3v) is 6.86. The molecule has 0 bridgehead atoms. The van der Waals surface area contributed by atoms with Crippen LogP contribution in [0.25, 0.3) is 11.6 Å². The van der Waals surface area contributed by atoms with Gasteiger partial charge in [0.15, 0.2) is 16.0 Å². The highest BCUT2D eigenvalue weighted by Crippen LogP contribution is 2.34. The molecule has 0 radical (unpaired) electrons. The molecule has 1 aromatic carbocycles. The first kappa shape index (κ1) is 22.0. The zero-order valence-corrected chi connectivity index (χ0v) is 19.7. The molecule has 0 aliphatic carbocycles. The Morgan fingerprint density at radius 3 is 2.84 bits per heavy atom. The molecule has 0 unspecified atom stereocenters. The average Bonchev–Trinajstić information content (AvgIpc) is 3.51. The van der Waals surface area contributed by atoms with Crippen LogP contribution in [0.2, 0.25) is 0 Å². The number of hydrogen-bond acceptors (Lipinski definition) is 7. The highest BCUT2D eigenvalue weighted by molar-refractivity contribution is 7.98. The van der Waals surface area contributed by atoms with E-state index in [0.29, 0.717) is 29.0 Å². The molecule has 4 rings (SSSR count). The number of allylic oxidation sites excluding steroid dienone is 1. The first-order chi connectivity index (χ1) is 15.5. The first-order valence-electron chi connectivity index (χ1n) is 10.0. The fourth-order valence-corrected chi connectivity index (χ4v) is 5.09. The van der Waals surface area contributed by atoms with E-state index in [9.17, 15) is 4.79 Å². The lowest BCUT2D eigenvalue weighted by atomic mass is 10.1. The summed E-state index contributed by atoms with van der Waals surface area (Å²) in [6.07, 6.45) is 3.42. The van der Waals surface area contributed by atoms with E-state index < -0.39 is 0 Å². The van der Waals surface area contributed by atoms with Gasteiger partial charge >= 0.3 is 0 Å². The summed E-state index contributed by atoms with van der Waals surface area (Å²) in [5, 5.41) is 12.0. The monoisotopic (exact) mass is 465 g/mol. The summed E-state index contributed by atoms with van der Waals surface area (Å²) in [5.41, 5.74) is 3.94. The van der Waals surface area contributed by atoms with Gasteiger partial charge in [-0.1, -0.05) is 30.0 Å². The number of carbonyl (C=O) groups excluding carboxylic acids is 1. The summed E-state index contributed by atoms with van der Waals surface area (Å²) in [6, 6.07) is 9.63. The van der Waals surface area contributed by atoms with Crippen LogP contribution in [0.3, 0.4) is 0 Å². The van der Waals surface area contributed by atoms with Gasteiger partial charge in [-0.15, -0.1) is 28.1 Å². The Kier molecular flexibility index (Phi) is 6.57. The van der Waals surface area contributed by atoms with Gasteiger partial charge < -0.3 is 4.42 Å². The summed E-state index contributed by atoms with van der Waals surface area (Å²) in [7, 11) is 0. The molecule has 0 N–H and O–H groups in total. The van der Waals surface area contributed by atoms with Crippen LogP contribution in [-0.4, -0.2) is 25.7 Å². The number of anilines is 2. The van der Waals surface area contributed by atoms with Crippen LogP contribution >= 0.6 is 23.1 Å². The van der Waals surface area contributed by atoms with E-state index in [4.69, 9.17) is 9.40 Å². The summed E-state index contributed by atoms with van der Waals surface area (Å²) >= 11 is 2.99. The van der Waals surface area contributed by atoms with E-state index in [2.05, 4.69) is 16.8 Å². The number of nitrogens with zero attached hydrogens (tertiary/aromatic N) is 5. The van der Waals surface area contributed by atoms with Crippen molar-refractivity contribution >= 4 is 39.8 Å². The molecule has 0 aliphatic rings. The van der Waals surface area contributed by atoms with Crippen molar-refractivity contribution in [2.24, 2.45) is 0 Å². The van der Waals surface area contributed by atoms with E-state index in [0.717, 1.165) is 27.7 Å². The van der Waals surface area contributed by atoms with Crippen LogP contribution in [0.5, 0.6) is 0 Å². The molecule has 0 atom stereocenters. The smallest absolute Gasteiger partial charge is 0.230 e. The molecule has 0 saturated heterocycles. The predicted octanol–water partition coefficient (Wildman–Crippen LogP) is 5.77. The van der Waals surface area contributed by atoms with Crippen LogP contribution in [0, 0.1) is 13.8 Å². The van der Waals surface area contributed by atoms with E-state index in [1.165, 1.54) is 23.1 Å². The van der Waals surface area contributed by atoms with E-state index in [1.807, 2.05) is 54.1 Å². The van der Waals surface area contributed by atoms with Crippen LogP contribution < -0.4 is 4.90 Å². The molecule has 7 nitrogen and oxygen atoms in total. The number of aryl methyl sites for hydroxylation is 1. The number of furan rings is 1. The van der Waals surface area contributed by atoms with Gasteiger partial charge in [-0.3, -0.25) is 14.3 Å². The van der Waals surface area contributed by atoms with Gasteiger partial charge in [-0.05, 0) is 43.2 Å². The number of thioether (sulfide) groups is 1. The molecule has 1 amide bonds. The Labute approximate surface area is 194 Å². The van der Waals surface area contributed by atoms with Crippen molar-refractivity contribution < 1.29 is 9.21 Å². The Bertz CT molecular complexity index is 1240. The number of thiazole rings is 1. The Morgan fingerprint density at radius 1 is 1.28 bits per heavy atom. The van der Waals surface area contributed by atoms with Gasteiger partial charge in [-0.2, -0.15) is 0 Å². The number of benzene rings is 1. The average molecular weight is 466 g/mol. The molecule has 4 aromatic rings. The third-order valence-electron chi connectivity index (χ3n) is 4.98. The topological polar surface area (TPSA) is 77.1 Å². The van der Waals surface area contributed by atoms with Crippen molar-refractivity contribution in [1.82, 2.24) is 19.7 Å². The maximum absolute atomic E-state index is 12.5. The minimum Gasteiger partial charge on any atom is -0.461 e. The minimum atomic E-state index is -0.0685. The number of rotatable bonds is 8. The van der Waals surface area contributed by atoms with Crippen molar-refractivity contribution in [3.05, 3.63) is 71.5 Å². The van der Waals surface area contributed by atoms with Crippen LogP contribution in [0.15, 0.2) is 64.2 Å². The molecule has 32 heavy (non-hydrogen) atoms. The molecule has 0 spiro atoms. The fraction of sp³-hybridized carbons (Fsp3) is 0.217. The number of carbonyl (C=O) groups is 1. The van der Waals surface area contributed by atoms with Crippen molar-refractivity contribution in [3.63, 3.8) is 0 Å². The molecule has 0 aliphatic heterocycles. The van der Waals surface area contributed by atoms with Gasteiger partial charge in [0.05, 0.1) is 17.6 Å². The number of hydrogen-bond donors (Lipinski definition) is 0. The molecule has 0 fully saturated rings. The van der Waals surface area contributed by atoms with Gasteiger partial charge in [0.1, 0.15) is 0 Å². The van der Waals surface area contributed by atoms with Crippen LogP contribution in [-0.2, 0) is 17.1 Å². The molecule has 3 aromatic heterocycles. The third kappa shape index (κ3) is 4.39.